The summed E-state index contributed by atoms with van der Waals surface area (Å²) in [5.41, 5.74) is 2.72. The summed E-state index contributed by atoms with van der Waals surface area (Å²) in [7, 11) is 0.201. The first-order chi connectivity index (χ1) is 20.7. The van der Waals surface area contributed by atoms with Gasteiger partial charge in [0.25, 0.3) is 5.91 Å². The second-order valence-corrected chi connectivity index (χ2v) is 12.6. The van der Waals surface area contributed by atoms with Gasteiger partial charge in [-0.05, 0) is 61.6 Å². The first-order valence-electron chi connectivity index (χ1n) is 14.5. The molecule has 0 saturated carbocycles. The Morgan fingerprint density at radius 2 is 1.66 bits per heavy atom. The van der Waals surface area contributed by atoms with Crippen LogP contribution >= 0.6 is 23.2 Å². The molecule has 3 aromatic carbocycles. The van der Waals surface area contributed by atoms with Crippen molar-refractivity contribution in [2.24, 2.45) is 0 Å². The molecule has 2 atom stereocenters. The van der Waals surface area contributed by atoms with Crippen LogP contribution in [0.1, 0.15) is 41.3 Å². The topological polar surface area (TPSA) is 133 Å². The number of ether oxygens (including phenoxy) is 3. The molecule has 0 unspecified atom stereocenters. The molecule has 4 rings (SSSR count). The van der Waals surface area contributed by atoms with Crippen molar-refractivity contribution in [2.75, 3.05) is 44.0 Å². The van der Waals surface area contributed by atoms with Crippen LogP contribution in [0.4, 0.5) is 5.69 Å². The number of nitrogens with one attached hydrogen (secondary N) is 2. The maximum Gasteiger partial charge on any atom is 0.251 e. The molecule has 1 heterocycles. The minimum absolute atomic E-state index is 0. The van der Waals surface area contributed by atoms with Crippen molar-refractivity contribution in [1.29, 1.82) is 0 Å². The van der Waals surface area contributed by atoms with E-state index in [1.54, 1.807) is 42.8 Å². The summed E-state index contributed by atoms with van der Waals surface area (Å²) in [4.78, 5) is 13.7. The molecule has 1 saturated heterocycles. The zero-order valence-corrected chi connectivity index (χ0v) is 27.0. The van der Waals surface area contributed by atoms with E-state index >= 15 is 0 Å². The van der Waals surface area contributed by atoms with Crippen molar-refractivity contribution in [3.8, 4) is 17.2 Å². The third kappa shape index (κ3) is 9.65. The monoisotopic (exact) mass is 649 g/mol. The normalized spacial score (nSPS) is 16.2. The third-order valence-corrected chi connectivity index (χ3v) is 9.24. The van der Waals surface area contributed by atoms with E-state index in [-0.39, 0.29) is 24.7 Å². The molecular weight excluding hydrogens is 606 g/mol. The second kappa shape index (κ2) is 16.8. The van der Waals surface area contributed by atoms with Gasteiger partial charge in [0, 0.05) is 37.3 Å². The van der Waals surface area contributed by atoms with Crippen molar-refractivity contribution in [1.82, 2.24) is 10.6 Å². The number of anilines is 1. The molecular formula is C32H44ClN3O7S. The zero-order chi connectivity index (χ0) is 30.8. The SMILES string of the molecule is CCOc1cc(C(=O)N[C@@H](Cc2ccccc2)[C@@H](O)CNCc2cc(OC)cc(OC)c2)cc(N2CCCCS2(O)O)c1.Cl. The van der Waals surface area contributed by atoms with Gasteiger partial charge in [-0.15, -0.1) is 23.2 Å². The number of amides is 1. The highest BCUT2D eigenvalue weighted by Gasteiger charge is 2.29. The molecule has 242 valence electrons. The largest absolute Gasteiger partial charge is 0.497 e. The van der Waals surface area contributed by atoms with Gasteiger partial charge in [-0.3, -0.25) is 18.2 Å². The average molecular weight is 650 g/mol. The van der Waals surface area contributed by atoms with E-state index < -0.39 is 28.8 Å². The fraction of sp³-hybridized carbons (Fsp3) is 0.406. The molecule has 1 amide bonds. The standard InChI is InChI=1S/C32H43N3O7S.ClH/c1-4-42-29-18-25(17-26(19-29)35-12-8-9-13-43(35,38)39)32(37)34-30(16-23-10-6-5-7-11-23)31(36)22-33-21-24-14-27(40-2)20-28(15-24)41-3;/h5-7,10-11,14-15,17-20,30-31,33,36,38-39H,4,8-9,12-13,16,21-22H2,1-3H3,(H,34,37);1H/t30-,31-;/m0./s1. The van der Waals surface area contributed by atoms with Crippen molar-refractivity contribution < 1.29 is 33.2 Å². The number of rotatable bonds is 14. The van der Waals surface area contributed by atoms with Crippen LogP contribution in [0.5, 0.6) is 17.2 Å². The molecule has 0 spiro atoms. The fourth-order valence-corrected chi connectivity index (χ4v) is 6.77. The van der Waals surface area contributed by atoms with Gasteiger partial charge < -0.3 is 30.0 Å². The van der Waals surface area contributed by atoms with Crippen LogP contribution in [0.3, 0.4) is 0 Å². The fourth-order valence-electron chi connectivity index (χ4n) is 5.09. The Kier molecular flexibility index (Phi) is 13.4. The number of carbonyl (C=O) groups excluding carboxylic acids is 1. The van der Waals surface area contributed by atoms with Crippen LogP contribution in [-0.4, -0.2) is 71.9 Å². The Hall–Kier alpha value is -3.19. The van der Waals surface area contributed by atoms with E-state index in [2.05, 4.69) is 10.6 Å². The second-order valence-electron chi connectivity index (χ2n) is 10.5. The Labute approximate surface area is 267 Å². The number of aliphatic hydroxyl groups is 1. The summed E-state index contributed by atoms with van der Waals surface area (Å²) in [6.45, 7) is 3.39. The van der Waals surface area contributed by atoms with Crippen molar-refractivity contribution in [2.45, 2.75) is 44.9 Å². The number of halogens is 1. The molecule has 5 N–H and O–H groups in total. The lowest BCUT2D eigenvalue weighted by atomic mass is 10.00. The molecule has 1 aliphatic heterocycles. The summed E-state index contributed by atoms with van der Waals surface area (Å²) in [5.74, 6) is 1.69. The number of carbonyl (C=O) groups is 1. The highest BCUT2D eigenvalue weighted by Crippen LogP contribution is 2.50. The minimum atomic E-state index is -2.99. The lowest BCUT2D eigenvalue weighted by molar-refractivity contribution is 0.0829. The number of benzene rings is 3. The predicted molar refractivity (Wildman–Crippen MR) is 178 cm³/mol. The summed E-state index contributed by atoms with van der Waals surface area (Å²) in [5, 5.41) is 17.6. The van der Waals surface area contributed by atoms with E-state index in [4.69, 9.17) is 14.2 Å². The number of hydrogen-bond acceptors (Lipinski definition) is 9. The summed E-state index contributed by atoms with van der Waals surface area (Å²) in [6.07, 6.45) is 1.04. The molecule has 3 aromatic rings. The molecule has 10 nitrogen and oxygen atoms in total. The van der Waals surface area contributed by atoms with Crippen molar-refractivity contribution >= 4 is 34.8 Å². The highest BCUT2D eigenvalue weighted by molar-refractivity contribution is 8.25. The van der Waals surface area contributed by atoms with Gasteiger partial charge >= 0.3 is 0 Å². The Balaban J connectivity index is 0.00000529. The van der Waals surface area contributed by atoms with Gasteiger partial charge in [0.1, 0.15) is 17.2 Å². The van der Waals surface area contributed by atoms with Gasteiger partial charge in [0.15, 0.2) is 0 Å². The molecule has 0 aliphatic carbocycles. The molecule has 44 heavy (non-hydrogen) atoms. The molecule has 12 heteroatoms. The number of aliphatic hydroxyl groups excluding tert-OH is 1. The molecule has 0 bridgehead atoms. The number of methoxy groups -OCH3 is 2. The summed E-state index contributed by atoms with van der Waals surface area (Å²) < 4.78 is 39.4. The number of nitrogens with zero attached hydrogens (tertiary/aromatic N) is 1. The Morgan fingerprint density at radius 1 is 0.955 bits per heavy atom. The van der Waals surface area contributed by atoms with Crippen LogP contribution in [0.15, 0.2) is 66.7 Å². The lowest BCUT2D eigenvalue weighted by Crippen LogP contribution is -2.48. The smallest absolute Gasteiger partial charge is 0.251 e. The van der Waals surface area contributed by atoms with Crippen LogP contribution in [0, 0.1) is 0 Å². The van der Waals surface area contributed by atoms with Crippen molar-refractivity contribution in [3.05, 3.63) is 83.4 Å². The summed E-state index contributed by atoms with van der Waals surface area (Å²) in [6, 6.07) is 19.7. The molecule has 0 radical (unpaired) electrons. The zero-order valence-electron chi connectivity index (χ0n) is 25.4. The van der Waals surface area contributed by atoms with Gasteiger partial charge in [0.05, 0.1) is 44.4 Å². The van der Waals surface area contributed by atoms with E-state index in [0.29, 0.717) is 54.6 Å². The average Bonchev–Trinajstić information content (AvgIpc) is 3.00. The van der Waals surface area contributed by atoms with E-state index in [1.807, 2.05) is 49.4 Å². The molecule has 0 aromatic heterocycles. The minimum Gasteiger partial charge on any atom is -0.497 e. The predicted octanol–water partition coefficient (Wildman–Crippen LogP) is 5.28. The van der Waals surface area contributed by atoms with Crippen LogP contribution in [0.2, 0.25) is 0 Å². The highest BCUT2D eigenvalue weighted by atomic mass is 35.5. The Morgan fingerprint density at radius 3 is 2.30 bits per heavy atom. The maximum absolute atomic E-state index is 13.7. The van der Waals surface area contributed by atoms with Crippen LogP contribution < -0.4 is 29.1 Å². The lowest BCUT2D eigenvalue weighted by Gasteiger charge is -2.47. The van der Waals surface area contributed by atoms with Crippen LogP contribution in [0.25, 0.3) is 0 Å². The van der Waals surface area contributed by atoms with Crippen molar-refractivity contribution in [3.63, 3.8) is 0 Å². The quantitative estimate of drug-likeness (QED) is 0.158. The Bertz CT molecular complexity index is 1330. The summed E-state index contributed by atoms with van der Waals surface area (Å²) >= 11 is 0. The van der Waals surface area contributed by atoms with E-state index in [0.717, 1.165) is 24.0 Å². The third-order valence-electron chi connectivity index (χ3n) is 7.31. The molecule has 1 aliphatic rings. The maximum atomic E-state index is 13.7. The first-order valence-corrected chi connectivity index (χ1v) is 16.2. The van der Waals surface area contributed by atoms with Gasteiger partial charge in [-0.2, -0.15) is 0 Å². The number of hydrogen-bond donors (Lipinski definition) is 5. The molecule has 1 fully saturated rings. The van der Waals surface area contributed by atoms with E-state index in [1.165, 1.54) is 0 Å². The first kappa shape index (κ1) is 35.3. The van der Waals surface area contributed by atoms with Gasteiger partial charge in [-0.25, -0.2) is 0 Å². The van der Waals surface area contributed by atoms with Crippen LogP contribution in [-0.2, 0) is 13.0 Å². The van der Waals surface area contributed by atoms with Gasteiger partial charge in [-0.1, -0.05) is 30.3 Å². The van der Waals surface area contributed by atoms with E-state index in [9.17, 15) is 19.0 Å². The van der Waals surface area contributed by atoms with Gasteiger partial charge in [0.2, 0.25) is 0 Å².